The predicted molar refractivity (Wildman–Crippen MR) is 113 cm³/mol. The monoisotopic (exact) mass is 435 g/mol. The Hall–Kier alpha value is -1.48. The Balaban J connectivity index is 1.42. The van der Waals surface area contributed by atoms with Gasteiger partial charge in [0.25, 0.3) is 0 Å². The number of thioether (sulfide) groups is 2. The maximum absolute atomic E-state index is 12.6. The SMILES string of the molecule is O=C(Oc1ccc(C2SCCS2)cc1)c1ccc(S(=O)(=O)N2CCCC2)cc1. The summed E-state index contributed by atoms with van der Waals surface area (Å²) in [6.07, 6.45) is 1.78. The highest BCUT2D eigenvalue weighted by Crippen LogP contribution is 2.45. The van der Waals surface area contributed by atoms with Gasteiger partial charge in [-0.05, 0) is 54.8 Å². The molecule has 8 heteroatoms. The van der Waals surface area contributed by atoms with Crippen molar-refractivity contribution in [2.45, 2.75) is 22.3 Å². The molecule has 5 nitrogen and oxygen atoms in total. The first-order chi connectivity index (χ1) is 13.5. The molecule has 2 aliphatic heterocycles. The molecule has 0 radical (unpaired) electrons. The van der Waals surface area contributed by atoms with Crippen molar-refractivity contribution in [3.8, 4) is 5.75 Å². The van der Waals surface area contributed by atoms with E-state index in [1.54, 1.807) is 12.1 Å². The van der Waals surface area contributed by atoms with Gasteiger partial charge in [-0.25, -0.2) is 13.2 Å². The van der Waals surface area contributed by atoms with E-state index in [9.17, 15) is 13.2 Å². The van der Waals surface area contributed by atoms with Gasteiger partial charge in [0.05, 0.1) is 15.0 Å². The van der Waals surface area contributed by atoms with Crippen molar-refractivity contribution >= 4 is 39.5 Å². The van der Waals surface area contributed by atoms with Crippen molar-refractivity contribution in [3.63, 3.8) is 0 Å². The standard InChI is InChI=1S/C20H21NO4S3/c22-19(25-17-7-3-16(4-8-17)20-26-13-14-27-20)15-5-9-18(10-6-15)28(23,24)21-11-1-2-12-21/h3-10,20H,1-2,11-14H2. The molecule has 0 amide bonds. The minimum Gasteiger partial charge on any atom is -0.423 e. The summed E-state index contributed by atoms with van der Waals surface area (Å²) < 4.78 is 32.5. The van der Waals surface area contributed by atoms with E-state index in [1.807, 2.05) is 35.7 Å². The van der Waals surface area contributed by atoms with E-state index >= 15 is 0 Å². The van der Waals surface area contributed by atoms with E-state index in [4.69, 9.17) is 4.74 Å². The molecule has 2 aromatic rings. The van der Waals surface area contributed by atoms with Crippen molar-refractivity contribution in [1.29, 1.82) is 0 Å². The maximum atomic E-state index is 12.6. The van der Waals surface area contributed by atoms with Crippen LogP contribution < -0.4 is 4.74 Å². The topological polar surface area (TPSA) is 63.7 Å². The minimum absolute atomic E-state index is 0.210. The van der Waals surface area contributed by atoms with E-state index < -0.39 is 16.0 Å². The fourth-order valence-electron chi connectivity index (χ4n) is 3.25. The number of carbonyl (C=O) groups excluding carboxylic acids is 1. The number of hydrogen-bond acceptors (Lipinski definition) is 6. The quantitative estimate of drug-likeness (QED) is 0.519. The third-order valence-electron chi connectivity index (χ3n) is 4.78. The van der Waals surface area contributed by atoms with E-state index in [2.05, 4.69) is 0 Å². The Morgan fingerprint density at radius 2 is 1.54 bits per heavy atom. The summed E-state index contributed by atoms with van der Waals surface area (Å²) in [5.41, 5.74) is 1.55. The van der Waals surface area contributed by atoms with Crippen LogP contribution in [0.2, 0.25) is 0 Å². The van der Waals surface area contributed by atoms with E-state index in [-0.39, 0.29) is 4.90 Å². The van der Waals surface area contributed by atoms with Gasteiger partial charge < -0.3 is 4.74 Å². The molecule has 0 aromatic heterocycles. The van der Waals surface area contributed by atoms with Gasteiger partial charge in [-0.15, -0.1) is 23.5 Å². The molecule has 2 aliphatic rings. The Morgan fingerprint density at radius 1 is 0.929 bits per heavy atom. The normalized spacial score (nSPS) is 18.4. The zero-order valence-corrected chi connectivity index (χ0v) is 17.7. The summed E-state index contributed by atoms with van der Waals surface area (Å²) in [6, 6.07) is 13.5. The van der Waals surface area contributed by atoms with Crippen molar-refractivity contribution < 1.29 is 17.9 Å². The molecule has 0 aliphatic carbocycles. The van der Waals surface area contributed by atoms with Crippen LogP contribution in [0.1, 0.15) is 33.3 Å². The molecule has 0 bridgehead atoms. The molecule has 2 aromatic carbocycles. The van der Waals surface area contributed by atoms with E-state index in [1.165, 1.54) is 34.1 Å². The van der Waals surface area contributed by atoms with Crippen molar-refractivity contribution in [2.24, 2.45) is 0 Å². The zero-order valence-electron chi connectivity index (χ0n) is 15.2. The van der Waals surface area contributed by atoms with Crippen LogP contribution in [0.15, 0.2) is 53.4 Å². The second-order valence-electron chi connectivity index (χ2n) is 6.67. The van der Waals surface area contributed by atoms with Gasteiger partial charge in [-0.2, -0.15) is 4.31 Å². The molecular formula is C20H21NO4S3. The number of esters is 1. The lowest BCUT2D eigenvalue weighted by atomic mass is 10.2. The number of rotatable bonds is 5. The van der Waals surface area contributed by atoms with Crippen LogP contribution in [0.3, 0.4) is 0 Å². The van der Waals surface area contributed by atoms with Crippen LogP contribution in [0.4, 0.5) is 0 Å². The fourth-order valence-corrected chi connectivity index (χ4v) is 7.63. The molecule has 148 valence electrons. The van der Waals surface area contributed by atoms with Gasteiger partial charge in [0.15, 0.2) is 0 Å². The van der Waals surface area contributed by atoms with Crippen LogP contribution in [0.25, 0.3) is 0 Å². The number of carbonyl (C=O) groups is 1. The number of ether oxygens (including phenoxy) is 1. The maximum Gasteiger partial charge on any atom is 0.343 e. The van der Waals surface area contributed by atoms with Gasteiger partial charge in [0.1, 0.15) is 5.75 Å². The number of benzene rings is 2. The highest BCUT2D eigenvalue weighted by Gasteiger charge is 2.27. The fraction of sp³-hybridized carbons (Fsp3) is 0.350. The summed E-state index contributed by atoms with van der Waals surface area (Å²) in [6.45, 7) is 1.11. The number of hydrogen-bond donors (Lipinski definition) is 0. The van der Waals surface area contributed by atoms with Gasteiger partial charge in [0.2, 0.25) is 10.0 Å². The highest BCUT2D eigenvalue weighted by atomic mass is 32.2. The molecule has 2 saturated heterocycles. The van der Waals surface area contributed by atoms with Crippen LogP contribution in [-0.4, -0.2) is 43.3 Å². The molecule has 2 heterocycles. The van der Waals surface area contributed by atoms with Crippen molar-refractivity contribution in [1.82, 2.24) is 4.31 Å². The first-order valence-electron chi connectivity index (χ1n) is 9.20. The first kappa shape index (κ1) is 19.8. The van der Waals surface area contributed by atoms with Crippen LogP contribution >= 0.6 is 23.5 Å². The number of sulfonamides is 1. The van der Waals surface area contributed by atoms with Crippen LogP contribution in [-0.2, 0) is 10.0 Å². The Labute approximate surface area is 173 Å². The molecule has 0 spiro atoms. The second-order valence-corrected chi connectivity index (χ2v) is 11.3. The lowest BCUT2D eigenvalue weighted by molar-refractivity contribution is 0.0734. The molecule has 0 N–H and O–H groups in total. The van der Waals surface area contributed by atoms with Crippen molar-refractivity contribution in [2.75, 3.05) is 24.6 Å². The first-order valence-corrected chi connectivity index (χ1v) is 12.7. The third kappa shape index (κ3) is 4.25. The minimum atomic E-state index is -3.48. The lowest BCUT2D eigenvalue weighted by Gasteiger charge is -2.15. The van der Waals surface area contributed by atoms with Gasteiger partial charge in [-0.3, -0.25) is 0 Å². The third-order valence-corrected chi connectivity index (χ3v) is 9.79. The van der Waals surface area contributed by atoms with Gasteiger partial charge >= 0.3 is 5.97 Å². The molecule has 0 unspecified atom stereocenters. The summed E-state index contributed by atoms with van der Waals surface area (Å²) in [7, 11) is -3.48. The average Bonchev–Trinajstić information content (AvgIpc) is 3.43. The second kappa shape index (κ2) is 8.49. The molecule has 0 atom stereocenters. The lowest BCUT2D eigenvalue weighted by Crippen LogP contribution is -2.27. The Kier molecular flexibility index (Phi) is 6.01. The van der Waals surface area contributed by atoms with Gasteiger partial charge in [0, 0.05) is 24.6 Å². The largest absolute Gasteiger partial charge is 0.423 e. The molecular weight excluding hydrogens is 414 g/mol. The number of nitrogens with zero attached hydrogens (tertiary/aromatic N) is 1. The summed E-state index contributed by atoms with van der Waals surface area (Å²) in [5.74, 6) is 2.31. The average molecular weight is 436 g/mol. The Morgan fingerprint density at radius 3 is 2.14 bits per heavy atom. The van der Waals surface area contributed by atoms with E-state index in [0.717, 1.165) is 24.3 Å². The highest BCUT2D eigenvalue weighted by molar-refractivity contribution is 8.19. The summed E-state index contributed by atoms with van der Waals surface area (Å²) in [5, 5.41) is 0. The zero-order chi connectivity index (χ0) is 19.6. The summed E-state index contributed by atoms with van der Waals surface area (Å²) >= 11 is 3.85. The summed E-state index contributed by atoms with van der Waals surface area (Å²) in [4.78, 5) is 12.6. The predicted octanol–water partition coefficient (Wildman–Crippen LogP) is 4.17. The molecule has 0 saturated carbocycles. The van der Waals surface area contributed by atoms with Gasteiger partial charge in [-0.1, -0.05) is 12.1 Å². The Bertz CT molecular complexity index is 930. The molecule has 4 rings (SSSR count). The smallest absolute Gasteiger partial charge is 0.343 e. The van der Waals surface area contributed by atoms with Crippen LogP contribution in [0, 0.1) is 0 Å². The van der Waals surface area contributed by atoms with Crippen LogP contribution in [0.5, 0.6) is 5.75 Å². The van der Waals surface area contributed by atoms with E-state index in [0.29, 0.717) is 29.0 Å². The molecule has 2 fully saturated rings. The van der Waals surface area contributed by atoms with Crippen molar-refractivity contribution in [3.05, 3.63) is 59.7 Å². The molecule has 28 heavy (non-hydrogen) atoms.